The van der Waals surface area contributed by atoms with Crippen LogP contribution in [0.2, 0.25) is 0 Å². The Morgan fingerprint density at radius 1 is 1.00 bits per heavy atom. The van der Waals surface area contributed by atoms with Gasteiger partial charge in [0.25, 0.3) is 0 Å². The first-order valence-corrected chi connectivity index (χ1v) is 2.10. The minimum absolute atomic E-state index is 0. The molecule has 0 unspecified atom stereocenters. The minimum atomic E-state index is -4.67. The van der Waals surface area contributed by atoms with Gasteiger partial charge in [-0.2, -0.15) is 8.42 Å². The first-order valence-electron chi connectivity index (χ1n) is 0.698. The van der Waals surface area contributed by atoms with Crippen molar-refractivity contribution >= 4 is 108 Å². The molecule has 0 aliphatic heterocycles. The summed E-state index contributed by atoms with van der Waals surface area (Å²) in [5, 5.41) is 0. The zero-order valence-corrected chi connectivity index (χ0v) is 2.94. The van der Waals surface area contributed by atoms with Crippen LogP contribution in [-0.2, 0) is 10.4 Å². The average molecular weight is 377 g/mol. The Bertz CT molecular complexity index is 92.9. The fourth-order valence-electron chi connectivity index (χ4n) is 0. The predicted molar refractivity (Wildman–Crippen MR) is 31.3 cm³/mol. The topological polar surface area (TPSA) is 74.6 Å². The fraction of sp³-hybridized carbons (Fsp3) is 0. The Hall–Kier alpha value is 3.01. The molecule has 0 fully saturated rings. The molecule has 0 aliphatic rings. The van der Waals surface area contributed by atoms with E-state index in [1.165, 1.54) is 0 Å². The Kier molecular flexibility index (Phi) is 16.8. The summed E-state index contributed by atoms with van der Waals surface area (Å²) in [6, 6.07) is 0. The molecule has 0 saturated carbocycles. The van der Waals surface area contributed by atoms with E-state index in [0.29, 0.717) is 0 Å². The van der Waals surface area contributed by atoms with Gasteiger partial charge in [-0.1, -0.05) is 0 Å². The maximum absolute atomic E-state index is 8.74. The molecule has 0 aromatic rings. The molecule has 0 aromatic heterocycles. The van der Waals surface area contributed by atoms with Gasteiger partial charge in [0.1, 0.15) is 0 Å². The van der Waals surface area contributed by atoms with Crippen molar-refractivity contribution in [2.24, 2.45) is 0 Å². The van der Waals surface area contributed by atoms with Gasteiger partial charge in [-0.05, 0) is 0 Å². The first kappa shape index (κ1) is 16.5. The van der Waals surface area contributed by atoms with E-state index in [9.17, 15) is 0 Å². The van der Waals surface area contributed by atoms with Crippen LogP contribution in [0.1, 0.15) is 0 Å². The van der Waals surface area contributed by atoms with Crippen molar-refractivity contribution < 1.29 is 17.5 Å². The molecule has 0 saturated heterocycles. The predicted octanol–water partition coefficient (Wildman–Crippen LogP) is -2.49. The summed E-state index contributed by atoms with van der Waals surface area (Å²) in [4.78, 5) is 0. The Labute approximate surface area is 122 Å². The molecule has 0 radical (unpaired) electrons. The monoisotopic (exact) mass is 378 g/mol. The van der Waals surface area contributed by atoms with Crippen molar-refractivity contribution in [2.45, 2.75) is 0 Å². The summed E-state index contributed by atoms with van der Waals surface area (Å²) < 4.78 is 31.6. The summed E-state index contributed by atoms with van der Waals surface area (Å²) >= 11 is 0. The molecule has 2 N–H and O–H groups in total. The van der Waals surface area contributed by atoms with Crippen LogP contribution >= 0.6 is 0 Å². The summed E-state index contributed by atoms with van der Waals surface area (Å²) in [6.45, 7) is 0. The molecule has 0 heterocycles. The second-order valence-electron chi connectivity index (χ2n) is 0.448. The van der Waals surface area contributed by atoms with E-state index < -0.39 is 10.4 Å². The van der Waals surface area contributed by atoms with Gasteiger partial charge in [0.15, 0.2) is 0 Å². The van der Waals surface area contributed by atoms with Crippen LogP contribution in [0.15, 0.2) is 0 Å². The van der Waals surface area contributed by atoms with Crippen molar-refractivity contribution in [2.75, 3.05) is 0 Å². The zero-order chi connectivity index (χ0) is 4.50. The van der Waals surface area contributed by atoms with Crippen molar-refractivity contribution in [3.8, 4) is 0 Å². The summed E-state index contributed by atoms with van der Waals surface area (Å²) in [5.74, 6) is 0. The van der Waals surface area contributed by atoms with Crippen LogP contribution in [0.4, 0.5) is 0 Å². The molecule has 4 nitrogen and oxygen atoms in total. The van der Waals surface area contributed by atoms with Gasteiger partial charge in [-0.25, -0.2) is 0 Å². The van der Waals surface area contributed by atoms with Crippen LogP contribution in [0, 0.1) is 0 Å². The molecular formula is H6Ba2O4S. The van der Waals surface area contributed by atoms with E-state index in [1.54, 1.807) is 0 Å². The van der Waals surface area contributed by atoms with Crippen molar-refractivity contribution in [3.05, 3.63) is 0 Å². The molecule has 0 spiro atoms. The molecule has 0 aliphatic carbocycles. The van der Waals surface area contributed by atoms with E-state index in [2.05, 4.69) is 0 Å². The standard InChI is InChI=1S/2Ba.H2O4S.4H/c;;1-5(2,3)4;;;;/h;;(H2,1,2,3,4);;;;. The molecule has 0 atom stereocenters. The normalized spacial score (nSPS) is 8.29. The van der Waals surface area contributed by atoms with E-state index in [1.807, 2.05) is 0 Å². The summed E-state index contributed by atoms with van der Waals surface area (Å²) in [6.07, 6.45) is 0. The van der Waals surface area contributed by atoms with Crippen LogP contribution < -0.4 is 0 Å². The third kappa shape index (κ3) is 48.8. The second-order valence-corrected chi connectivity index (χ2v) is 1.34. The molecule has 0 aromatic carbocycles. The Balaban J connectivity index is -0.0000000800. The first-order chi connectivity index (χ1) is 2.00. The quantitative estimate of drug-likeness (QED) is 0.362. The van der Waals surface area contributed by atoms with Gasteiger partial charge in [0, 0.05) is 0 Å². The third-order valence-corrected chi connectivity index (χ3v) is 0. The van der Waals surface area contributed by atoms with E-state index >= 15 is 0 Å². The number of hydrogen-bond donors (Lipinski definition) is 2. The van der Waals surface area contributed by atoms with Gasteiger partial charge in [0.05, 0.1) is 0 Å². The molecule has 0 rings (SSSR count). The number of rotatable bonds is 0. The van der Waals surface area contributed by atoms with Crippen LogP contribution in [-0.4, -0.2) is 115 Å². The Morgan fingerprint density at radius 3 is 1.00 bits per heavy atom. The van der Waals surface area contributed by atoms with Gasteiger partial charge in [-0.3, -0.25) is 9.11 Å². The second kappa shape index (κ2) is 7.12. The van der Waals surface area contributed by atoms with Crippen LogP contribution in [0.5, 0.6) is 0 Å². The fourth-order valence-corrected chi connectivity index (χ4v) is 0. The van der Waals surface area contributed by atoms with Crippen molar-refractivity contribution in [1.29, 1.82) is 0 Å². The summed E-state index contributed by atoms with van der Waals surface area (Å²) in [5.41, 5.74) is 0. The average Bonchev–Trinajstić information content (AvgIpc) is 0.722. The zero-order valence-electron chi connectivity index (χ0n) is 2.12. The number of hydrogen-bond acceptors (Lipinski definition) is 2. The van der Waals surface area contributed by atoms with Crippen molar-refractivity contribution in [3.63, 3.8) is 0 Å². The van der Waals surface area contributed by atoms with E-state index in [-0.39, 0.29) is 97.8 Å². The maximum atomic E-state index is 8.74. The van der Waals surface area contributed by atoms with Gasteiger partial charge < -0.3 is 0 Å². The molecule has 0 amide bonds. The third-order valence-electron chi connectivity index (χ3n) is 0. The van der Waals surface area contributed by atoms with Gasteiger partial charge in [0.2, 0.25) is 0 Å². The van der Waals surface area contributed by atoms with E-state index in [0.717, 1.165) is 0 Å². The molecule has 7 heavy (non-hydrogen) atoms. The van der Waals surface area contributed by atoms with Crippen LogP contribution in [0.25, 0.3) is 0 Å². The van der Waals surface area contributed by atoms with Crippen LogP contribution in [0.3, 0.4) is 0 Å². The molecule has 7 heteroatoms. The van der Waals surface area contributed by atoms with Gasteiger partial charge >= 0.3 is 108 Å². The SMILES string of the molecule is O=S(=O)(O)O.[BaH2].[BaH2]. The van der Waals surface area contributed by atoms with Gasteiger partial charge in [-0.15, -0.1) is 0 Å². The van der Waals surface area contributed by atoms with Crippen molar-refractivity contribution in [1.82, 2.24) is 0 Å². The Morgan fingerprint density at radius 2 is 1.00 bits per heavy atom. The summed E-state index contributed by atoms with van der Waals surface area (Å²) in [7, 11) is -4.67. The van der Waals surface area contributed by atoms with E-state index in [4.69, 9.17) is 17.5 Å². The molecular weight excluding hydrogens is 371 g/mol. The molecule has 40 valence electrons. The molecule has 0 bridgehead atoms.